The Bertz CT molecular complexity index is 966. The summed E-state index contributed by atoms with van der Waals surface area (Å²) in [6.45, 7) is 2.25. The number of rotatable bonds is 2. The third kappa shape index (κ3) is 3.03. The Balaban J connectivity index is 1.81. The average Bonchev–Trinajstić information content (AvgIpc) is 2.56. The zero-order valence-electron chi connectivity index (χ0n) is 13.1. The number of benzene rings is 2. The molecule has 4 rings (SSSR count). The second-order valence-corrected chi connectivity index (χ2v) is 8.37. The maximum absolute atomic E-state index is 4.48. The van der Waals surface area contributed by atoms with Gasteiger partial charge in [-0.3, -0.25) is 0 Å². The summed E-state index contributed by atoms with van der Waals surface area (Å²) >= 11 is 4.70. The van der Waals surface area contributed by atoms with Gasteiger partial charge in [-0.05, 0) is 81.3 Å². The summed E-state index contributed by atoms with van der Waals surface area (Å²) in [5.41, 5.74) is 4.72. The van der Waals surface area contributed by atoms with Crippen molar-refractivity contribution in [1.82, 2.24) is 9.97 Å². The number of anilines is 2. The van der Waals surface area contributed by atoms with Crippen molar-refractivity contribution in [3.8, 4) is 0 Å². The molecule has 0 saturated carbocycles. The van der Waals surface area contributed by atoms with Crippen LogP contribution in [0.5, 0.6) is 0 Å². The van der Waals surface area contributed by atoms with Gasteiger partial charge in [0.1, 0.15) is 12.1 Å². The predicted octanol–water partition coefficient (Wildman–Crippen LogP) is 5.79. The first kappa shape index (κ1) is 16.3. The van der Waals surface area contributed by atoms with E-state index in [1.807, 2.05) is 0 Å². The molecule has 0 amide bonds. The van der Waals surface area contributed by atoms with Crippen LogP contribution < -0.4 is 5.32 Å². The lowest BCUT2D eigenvalue weighted by molar-refractivity contribution is 0.717. The highest BCUT2D eigenvalue weighted by Crippen LogP contribution is 2.32. The molecule has 0 radical (unpaired) electrons. The van der Waals surface area contributed by atoms with Crippen LogP contribution in [0.4, 0.5) is 11.5 Å². The number of allylic oxidation sites excluding steroid dienone is 1. The Morgan fingerprint density at radius 2 is 1.96 bits per heavy atom. The second kappa shape index (κ2) is 6.59. The van der Waals surface area contributed by atoms with Crippen LogP contribution >= 0.6 is 45.2 Å². The van der Waals surface area contributed by atoms with Crippen molar-refractivity contribution in [3.63, 3.8) is 0 Å². The van der Waals surface area contributed by atoms with Gasteiger partial charge >= 0.3 is 0 Å². The van der Waals surface area contributed by atoms with Gasteiger partial charge in [-0.2, -0.15) is 0 Å². The second-order valence-electron chi connectivity index (χ2n) is 6.05. The molecule has 1 N–H and O–H groups in total. The zero-order chi connectivity index (χ0) is 16.7. The molecular weight excluding hydrogens is 524 g/mol. The number of fused-ring (bicyclic) bond motifs is 2. The van der Waals surface area contributed by atoms with Crippen LogP contribution in [0, 0.1) is 13.1 Å². The lowest BCUT2D eigenvalue weighted by atomic mass is 9.90. The van der Waals surface area contributed by atoms with Gasteiger partial charge in [0.25, 0.3) is 0 Å². The molecule has 5 heteroatoms. The number of hydrogen-bond acceptors (Lipinski definition) is 3. The third-order valence-corrected chi connectivity index (χ3v) is 7.08. The molecule has 1 heterocycles. The van der Waals surface area contributed by atoms with Gasteiger partial charge in [0, 0.05) is 23.8 Å². The molecule has 1 unspecified atom stereocenters. The molecule has 1 aliphatic rings. The lowest BCUT2D eigenvalue weighted by Crippen LogP contribution is -2.06. The molecule has 120 valence electrons. The van der Waals surface area contributed by atoms with E-state index in [9.17, 15) is 0 Å². The van der Waals surface area contributed by atoms with Gasteiger partial charge in [-0.15, -0.1) is 0 Å². The first-order valence-corrected chi connectivity index (χ1v) is 9.94. The molecule has 3 aromatic rings. The number of aromatic nitrogens is 2. The zero-order valence-corrected chi connectivity index (χ0v) is 17.4. The summed E-state index contributed by atoms with van der Waals surface area (Å²) in [5.74, 6) is 1.45. The summed E-state index contributed by atoms with van der Waals surface area (Å²) in [5, 5.41) is 4.58. The van der Waals surface area contributed by atoms with Crippen LogP contribution in [0.15, 0.2) is 42.7 Å². The SMILES string of the molecule is CC1C=Cc2c(cccc2Nc2ncnc3cc(I)c(I)cc23)C1. The predicted molar refractivity (Wildman–Crippen MR) is 117 cm³/mol. The number of hydrogen-bond donors (Lipinski definition) is 1. The Morgan fingerprint density at radius 3 is 2.83 bits per heavy atom. The molecule has 2 aromatic carbocycles. The summed E-state index contributed by atoms with van der Waals surface area (Å²) in [4.78, 5) is 8.89. The van der Waals surface area contributed by atoms with Crippen molar-refractivity contribution in [2.75, 3.05) is 5.32 Å². The fourth-order valence-corrected chi connectivity index (χ4v) is 3.97. The number of nitrogens with zero attached hydrogens (tertiary/aromatic N) is 2. The Kier molecular flexibility index (Phi) is 4.46. The molecule has 1 aromatic heterocycles. The van der Waals surface area contributed by atoms with Gasteiger partial charge in [0.2, 0.25) is 0 Å². The van der Waals surface area contributed by atoms with E-state index in [1.54, 1.807) is 6.33 Å². The highest BCUT2D eigenvalue weighted by molar-refractivity contribution is 14.1. The van der Waals surface area contributed by atoms with Gasteiger partial charge in [-0.25, -0.2) is 9.97 Å². The van der Waals surface area contributed by atoms with E-state index in [2.05, 4.69) is 110 Å². The first-order valence-electron chi connectivity index (χ1n) is 7.78. The van der Waals surface area contributed by atoms with Gasteiger partial charge in [-0.1, -0.05) is 31.2 Å². The first-order chi connectivity index (χ1) is 11.6. The van der Waals surface area contributed by atoms with E-state index in [1.165, 1.54) is 18.3 Å². The maximum atomic E-state index is 4.48. The van der Waals surface area contributed by atoms with Crippen LogP contribution in [-0.4, -0.2) is 9.97 Å². The van der Waals surface area contributed by atoms with Crippen molar-refractivity contribution in [2.24, 2.45) is 5.92 Å². The van der Waals surface area contributed by atoms with Gasteiger partial charge in [0.15, 0.2) is 0 Å². The molecule has 0 saturated heterocycles. The lowest BCUT2D eigenvalue weighted by Gasteiger charge is -2.19. The molecule has 0 bridgehead atoms. The molecule has 0 spiro atoms. The largest absolute Gasteiger partial charge is 0.339 e. The molecule has 1 aliphatic carbocycles. The summed E-state index contributed by atoms with van der Waals surface area (Å²) < 4.78 is 2.42. The average molecular weight is 539 g/mol. The molecule has 0 aliphatic heterocycles. The highest BCUT2D eigenvalue weighted by Gasteiger charge is 2.14. The summed E-state index contributed by atoms with van der Waals surface area (Å²) in [6.07, 6.45) is 7.21. The van der Waals surface area contributed by atoms with Crippen molar-refractivity contribution in [1.29, 1.82) is 0 Å². The summed E-state index contributed by atoms with van der Waals surface area (Å²) in [6, 6.07) is 10.7. The Labute approximate surface area is 168 Å². The van der Waals surface area contributed by atoms with Crippen molar-refractivity contribution >= 4 is 73.7 Å². The van der Waals surface area contributed by atoms with Gasteiger partial charge < -0.3 is 5.32 Å². The van der Waals surface area contributed by atoms with Gasteiger partial charge in [0.05, 0.1) is 5.52 Å². The highest BCUT2D eigenvalue weighted by atomic mass is 127. The fraction of sp³-hybridized carbons (Fsp3) is 0.158. The van der Waals surface area contributed by atoms with Crippen LogP contribution in [-0.2, 0) is 6.42 Å². The van der Waals surface area contributed by atoms with Crippen LogP contribution in [0.25, 0.3) is 17.0 Å². The summed E-state index contributed by atoms with van der Waals surface area (Å²) in [7, 11) is 0. The van der Waals surface area contributed by atoms with E-state index in [0.717, 1.165) is 28.8 Å². The van der Waals surface area contributed by atoms with Crippen LogP contribution in [0.2, 0.25) is 0 Å². The minimum absolute atomic E-state index is 0.594. The van der Waals surface area contributed by atoms with E-state index in [0.29, 0.717) is 5.92 Å². The van der Waals surface area contributed by atoms with E-state index >= 15 is 0 Å². The standard InChI is InChI=1S/C19H15I2N3/c1-11-5-6-13-12(7-11)3-2-4-17(13)24-19-14-8-15(20)16(21)9-18(14)22-10-23-19/h2-6,8-11H,7H2,1H3,(H,22,23,24). The molecule has 0 fully saturated rings. The minimum atomic E-state index is 0.594. The number of halogens is 2. The molecule has 1 atom stereocenters. The molecule has 24 heavy (non-hydrogen) atoms. The Morgan fingerprint density at radius 1 is 1.12 bits per heavy atom. The van der Waals surface area contributed by atoms with Crippen molar-refractivity contribution in [2.45, 2.75) is 13.3 Å². The van der Waals surface area contributed by atoms with E-state index in [-0.39, 0.29) is 0 Å². The van der Waals surface area contributed by atoms with Crippen LogP contribution in [0.3, 0.4) is 0 Å². The topological polar surface area (TPSA) is 37.8 Å². The van der Waals surface area contributed by atoms with E-state index in [4.69, 9.17) is 0 Å². The monoisotopic (exact) mass is 539 g/mol. The van der Waals surface area contributed by atoms with Crippen molar-refractivity contribution < 1.29 is 0 Å². The minimum Gasteiger partial charge on any atom is -0.339 e. The van der Waals surface area contributed by atoms with Crippen LogP contribution in [0.1, 0.15) is 18.1 Å². The Hall–Kier alpha value is -1.22. The third-order valence-electron chi connectivity index (χ3n) is 4.26. The van der Waals surface area contributed by atoms with Crippen molar-refractivity contribution in [3.05, 3.63) is 61.0 Å². The normalized spacial score (nSPS) is 16.2. The quantitative estimate of drug-likeness (QED) is 0.420. The van der Waals surface area contributed by atoms with E-state index < -0.39 is 0 Å². The smallest absolute Gasteiger partial charge is 0.141 e. The number of nitrogens with one attached hydrogen (secondary N) is 1. The fourth-order valence-electron chi connectivity index (χ4n) is 3.05. The molecule has 3 nitrogen and oxygen atoms in total. The molecular formula is C19H15I2N3. The maximum Gasteiger partial charge on any atom is 0.141 e.